The molecule has 0 saturated heterocycles. The molecule has 0 radical (unpaired) electrons. The van der Waals surface area contributed by atoms with Gasteiger partial charge in [0.2, 0.25) is 5.91 Å². The third-order valence-corrected chi connectivity index (χ3v) is 2.63. The maximum atomic E-state index is 11.9. The molecule has 0 aromatic heterocycles. The van der Waals surface area contributed by atoms with Crippen LogP contribution in [0.2, 0.25) is 0 Å². The first-order valence-electron chi connectivity index (χ1n) is 6.38. The summed E-state index contributed by atoms with van der Waals surface area (Å²) in [6.07, 6.45) is 1.57. The Labute approximate surface area is 109 Å². The fraction of sp³-hybridized carbons (Fsp3) is 0.500. The molecule has 0 fully saturated rings. The summed E-state index contributed by atoms with van der Waals surface area (Å²) < 4.78 is 5.50. The highest BCUT2D eigenvalue weighted by molar-refractivity contribution is 5.95. The minimum absolute atomic E-state index is 0.165. The fourth-order valence-electron chi connectivity index (χ4n) is 1.68. The summed E-state index contributed by atoms with van der Waals surface area (Å²) in [5, 5.41) is 2.82. The first-order valence-corrected chi connectivity index (χ1v) is 6.38. The van der Waals surface area contributed by atoms with Crippen molar-refractivity contribution in [2.24, 2.45) is 5.73 Å². The first-order chi connectivity index (χ1) is 8.58. The van der Waals surface area contributed by atoms with Gasteiger partial charge in [-0.3, -0.25) is 4.79 Å². The Hall–Kier alpha value is -1.55. The topological polar surface area (TPSA) is 64.4 Å². The summed E-state index contributed by atoms with van der Waals surface area (Å²) in [6.45, 7) is 6.46. The predicted octanol–water partition coefficient (Wildman–Crippen LogP) is 2.46. The lowest BCUT2D eigenvalue weighted by Crippen LogP contribution is -2.35. The van der Waals surface area contributed by atoms with E-state index in [0.29, 0.717) is 24.5 Å². The molecule has 1 rings (SSSR count). The van der Waals surface area contributed by atoms with Gasteiger partial charge in [-0.1, -0.05) is 19.4 Å². The largest absolute Gasteiger partial charge is 0.492 e. The van der Waals surface area contributed by atoms with Crippen LogP contribution in [0.15, 0.2) is 18.2 Å². The maximum Gasteiger partial charge on any atom is 0.241 e. The Balaban J connectivity index is 2.80. The molecule has 1 amide bonds. The lowest BCUT2D eigenvalue weighted by Gasteiger charge is -2.15. The quantitative estimate of drug-likeness (QED) is 0.815. The van der Waals surface area contributed by atoms with Gasteiger partial charge >= 0.3 is 0 Å². The molecule has 4 nitrogen and oxygen atoms in total. The molecule has 0 heterocycles. The molecule has 0 aliphatic heterocycles. The molecule has 3 N–H and O–H groups in total. The summed E-state index contributed by atoms with van der Waals surface area (Å²) in [7, 11) is 0. The third-order valence-electron chi connectivity index (χ3n) is 2.63. The minimum Gasteiger partial charge on any atom is -0.492 e. The highest BCUT2D eigenvalue weighted by Crippen LogP contribution is 2.25. The van der Waals surface area contributed by atoms with E-state index >= 15 is 0 Å². The van der Waals surface area contributed by atoms with Crippen LogP contribution in [0.4, 0.5) is 5.69 Å². The standard InChI is InChI=1S/C14H22N2O2/c1-4-6-11(15)14(17)16-12-8-7-10(3)9-13(12)18-5-2/h7-9,11H,4-6,15H2,1-3H3,(H,16,17)/t11-/m0/s1. The Kier molecular flexibility index (Phi) is 5.65. The molecule has 1 aromatic rings. The summed E-state index contributed by atoms with van der Waals surface area (Å²) in [4.78, 5) is 11.9. The zero-order valence-electron chi connectivity index (χ0n) is 11.3. The van der Waals surface area contributed by atoms with E-state index in [9.17, 15) is 4.79 Å². The number of hydrogen-bond donors (Lipinski definition) is 2. The van der Waals surface area contributed by atoms with Gasteiger partial charge in [-0.15, -0.1) is 0 Å². The van der Waals surface area contributed by atoms with Crippen LogP contribution < -0.4 is 15.8 Å². The molecule has 0 unspecified atom stereocenters. The first kappa shape index (κ1) is 14.5. The molecular weight excluding hydrogens is 228 g/mol. The molecule has 18 heavy (non-hydrogen) atoms. The molecule has 1 aromatic carbocycles. The second-order valence-electron chi connectivity index (χ2n) is 4.32. The van der Waals surface area contributed by atoms with Gasteiger partial charge < -0.3 is 15.8 Å². The van der Waals surface area contributed by atoms with Crippen molar-refractivity contribution in [3.63, 3.8) is 0 Å². The number of ether oxygens (including phenoxy) is 1. The highest BCUT2D eigenvalue weighted by atomic mass is 16.5. The van der Waals surface area contributed by atoms with Crippen molar-refractivity contribution in [2.45, 2.75) is 39.7 Å². The summed E-state index contributed by atoms with van der Waals surface area (Å²) in [5.74, 6) is 0.524. The summed E-state index contributed by atoms with van der Waals surface area (Å²) in [6, 6.07) is 5.22. The second kappa shape index (κ2) is 7.01. The molecule has 4 heteroatoms. The van der Waals surface area contributed by atoms with E-state index in [1.54, 1.807) is 0 Å². The van der Waals surface area contributed by atoms with Crippen LogP contribution in [-0.4, -0.2) is 18.6 Å². The Morgan fingerprint density at radius 2 is 2.17 bits per heavy atom. The number of nitrogens with two attached hydrogens (primary N) is 1. The van der Waals surface area contributed by atoms with Crippen molar-refractivity contribution >= 4 is 11.6 Å². The van der Waals surface area contributed by atoms with Gasteiger partial charge in [0, 0.05) is 0 Å². The number of anilines is 1. The van der Waals surface area contributed by atoms with Crippen molar-refractivity contribution in [3.8, 4) is 5.75 Å². The van der Waals surface area contributed by atoms with Crippen LogP contribution in [-0.2, 0) is 4.79 Å². The molecule has 0 aliphatic rings. The number of benzene rings is 1. The molecular formula is C14H22N2O2. The maximum absolute atomic E-state index is 11.9. The van der Waals surface area contributed by atoms with Crippen molar-refractivity contribution in [1.29, 1.82) is 0 Å². The number of carbonyl (C=O) groups is 1. The van der Waals surface area contributed by atoms with Crippen LogP contribution >= 0.6 is 0 Å². The van der Waals surface area contributed by atoms with Crippen LogP contribution in [0, 0.1) is 6.92 Å². The highest BCUT2D eigenvalue weighted by Gasteiger charge is 2.14. The number of rotatable bonds is 6. The van der Waals surface area contributed by atoms with E-state index in [2.05, 4.69) is 5.32 Å². The molecule has 1 atom stereocenters. The Bertz CT molecular complexity index is 405. The van der Waals surface area contributed by atoms with Gasteiger partial charge in [0.15, 0.2) is 0 Å². The molecule has 100 valence electrons. The van der Waals surface area contributed by atoms with E-state index in [0.717, 1.165) is 12.0 Å². The zero-order valence-corrected chi connectivity index (χ0v) is 11.3. The van der Waals surface area contributed by atoms with E-state index in [4.69, 9.17) is 10.5 Å². The normalized spacial score (nSPS) is 12.0. The summed E-state index contributed by atoms with van der Waals surface area (Å²) >= 11 is 0. The Morgan fingerprint density at radius 1 is 1.44 bits per heavy atom. The fourth-order valence-corrected chi connectivity index (χ4v) is 1.68. The smallest absolute Gasteiger partial charge is 0.241 e. The molecule has 0 aliphatic carbocycles. The van der Waals surface area contributed by atoms with Crippen LogP contribution in [0.5, 0.6) is 5.75 Å². The van der Waals surface area contributed by atoms with E-state index < -0.39 is 6.04 Å². The van der Waals surface area contributed by atoms with Gasteiger partial charge in [0.05, 0.1) is 18.3 Å². The van der Waals surface area contributed by atoms with Gasteiger partial charge in [-0.25, -0.2) is 0 Å². The number of hydrogen-bond acceptors (Lipinski definition) is 3. The molecule has 0 bridgehead atoms. The predicted molar refractivity (Wildman–Crippen MR) is 73.9 cm³/mol. The average Bonchev–Trinajstić information content (AvgIpc) is 2.33. The average molecular weight is 250 g/mol. The van der Waals surface area contributed by atoms with Crippen LogP contribution in [0.3, 0.4) is 0 Å². The lowest BCUT2D eigenvalue weighted by molar-refractivity contribution is -0.117. The number of amides is 1. The van der Waals surface area contributed by atoms with Gasteiger partial charge in [0.1, 0.15) is 5.75 Å². The monoisotopic (exact) mass is 250 g/mol. The number of carbonyl (C=O) groups excluding carboxylic acids is 1. The minimum atomic E-state index is -0.467. The van der Waals surface area contributed by atoms with Crippen LogP contribution in [0.25, 0.3) is 0 Å². The zero-order chi connectivity index (χ0) is 13.5. The van der Waals surface area contributed by atoms with Gasteiger partial charge in [-0.05, 0) is 38.0 Å². The third kappa shape index (κ3) is 4.04. The van der Waals surface area contributed by atoms with E-state index in [1.165, 1.54) is 0 Å². The van der Waals surface area contributed by atoms with Crippen molar-refractivity contribution in [2.75, 3.05) is 11.9 Å². The van der Waals surface area contributed by atoms with Crippen LogP contribution in [0.1, 0.15) is 32.3 Å². The molecule has 0 saturated carbocycles. The number of aryl methyl sites for hydroxylation is 1. The van der Waals surface area contributed by atoms with E-state index in [1.807, 2.05) is 39.0 Å². The van der Waals surface area contributed by atoms with Crippen molar-refractivity contribution in [1.82, 2.24) is 0 Å². The lowest BCUT2D eigenvalue weighted by atomic mass is 10.1. The second-order valence-corrected chi connectivity index (χ2v) is 4.32. The molecule has 0 spiro atoms. The van der Waals surface area contributed by atoms with Gasteiger partial charge in [-0.2, -0.15) is 0 Å². The van der Waals surface area contributed by atoms with E-state index in [-0.39, 0.29) is 5.91 Å². The van der Waals surface area contributed by atoms with Gasteiger partial charge in [0.25, 0.3) is 0 Å². The number of nitrogens with one attached hydrogen (secondary N) is 1. The SMILES string of the molecule is CCC[C@H](N)C(=O)Nc1ccc(C)cc1OCC. The summed E-state index contributed by atoms with van der Waals surface area (Å²) in [5.41, 5.74) is 7.55. The van der Waals surface area contributed by atoms with Crippen molar-refractivity contribution in [3.05, 3.63) is 23.8 Å². The Morgan fingerprint density at radius 3 is 2.78 bits per heavy atom. The van der Waals surface area contributed by atoms with Crippen molar-refractivity contribution < 1.29 is 9.53 Å².